The third kappa shape index (κ3) is 7.06. The number of hydrogen-bond donors (Lipinski definition) is 1. The maximum Gasteiger partial charge on any atom is 0.437 e. The van der Waals surface area contributed by atoms with Crippen LogP contribution >= 0.6 is 0 Å². The lowest BCUT2D eigenvalue weighted by Gasteiger charge is -2.20. The number of nitrogens with zero attached hydrogens (tertiary/aromatic N) is 2. The molecule has 168 valence electrons. The summed E-state index contributed by atoms with van der Waals surface area (Å²) in [6, 6.07) is 6.31. The van der Waals surface area contributed by atoms with Crippen molar-refractivity contribution in [3.8, 4) is 5.75 Å². The lowest BCUT2D eigenvalue weighted by molar-refractivity contribution is -0.143. The van der Waals surface area contributed by atoms with Gasteiger partial charge >= 0.3 is 6.18 Å². The molecule has 1 aromatic carbocycles. The third-order valence-corrected chi connectivity index (χ3v) is 4.78. The number of aryl methyl sites for hydroxylation is 1. The molecule has 0 radical (unpaired) electrons. The molecule has 1 N–H and O–H groups in total. The second kappa shape index (κ2) is 9.46. The van der Waals surface area contributed by atoms with Gasteiger partial charge in [0.05, 0.1) is 6.20 Å². The van der Waals surface area contributed by atoms with E-state index in [2.05, 4.69) is 15.3 Å². The molecular formula is C20H22F3N3O4S. The molecule has 2 rings (SSSR count). The van der Waals surface area contributed by atoms with Crippen molar-refractivity contribution in [2.24, 2.45) is 0 Å². The van der Waals surface area contributed by atoms with E-state index in [0.717, 1.165) is 23.4 Å². The number of amides is 1. The first-order valence-electron chi connectivity index (χ1n) is 9.13. The molecule has 0 unspecified atom stereocenters. The Bertz CT molecular complexity index is 1090. The minimum Gasteiger partial charge on any atom is -0.482 e. The average molecular weight is 457 g/mol. The molecule has 2 aromatic rings. The SMILES string of the molecule is Cc1ccccc1[C@@H](C)Oc1cnc(C(=O)N[C@H](C)/C=C/S(C)(=O)=O)nc1C(F)(F)F. The summed E-state index contributed by atoms with van der Waals surface area (Å²) in [4.78, 5) is 19.3. The van der Waals surface area contributed by atoms with Gasteiger partial charge in [0.1, 0.15) is 6.10 Å². The highest BCUT2D eigenvalue weighted by atomic mass is 32.2. The van der Waals surface area contributed by atoms with E-state index >= 15 is 0 Å². The molecule has 0 fully saturated rings. The van der Waals surface area contributed by atoms with Crippen LogP contribution in [0.15, 0.2) is 41.9 Å². The molecule has 2 atom stereocenters. The zero-order valence-electron chi connectivity index (χ0n) is 17.3. The van der Waals surface area contributed by atoms with Crippen molar-refractivity contribution in [3.05, 3.63) is 64.6 Å². The van der Waals surface area contributed by atoms with Crippen LogP contribution in [0.25, 0.3) is 0 Å². The normalized spacial score (nSPS) is 14.3. The number of ether oxygens (including phenoxy) is 1. The Morgan fingerprint density at radius 3 is 2.45 bits per heavy atom. The smallest absolute Gasteiger partial charge is 0.437 e. The highest BCUT2D eigenvalue weighted by Crippen LogP contribution is 2.36. The molecule has 0 spiro atoms. The first kappa shape index (κ1) is 24.3. The minimum absolute atomic E-state index is 0.607. The Labute approximate surface area is 178 Å². The lowest BCUT2D eigenvalue weighted by atomic mass is 10.0. The van der Waals surface area contributed by atoms with Crippen molar-refractivity contribution in [2.45, 2.75) is 39.1 Å². The van der Waals surface area contributed by atoms with E-state index in [1.807, 2.05) is 13.0 Å². The molecule has 0 aliphatic heterocycles. The summed E-state index contributed by atoms with van der Waals surface area (Å²) in [5.41, 5.74) is 0.160. The fourth-order valence-corrected chi connectivity index (χ4v) is 3.17. The molecule has 11 heteroatoms. The summed E-state index contributed by atoms with van der Waals surface area (Å²) >= 11 is 0. The van der Waals surface area contributed by atoms with Crippen LogP contribution in [0, 0.1) is 6.92 Å². The lowest BCUT2D eigenvalue weighted by Crippen LogP contribution is -2.33. The van der Waals surface area contributed by atoms with E-state index in [0.29, 0.717) is 5.56 Å². The number of hydrogen-bond acceptors (Lipinski definition) is 6. The van der Waals surface area contributed by atoms with Crippen molar-refractivity contribution in [2.75, 3.05) is 6.26 Å². The predicted octanol–water partition coefficient (Wildman–Crippen LogP) is 3.62. The zero-order chi connectivity index (χ0) is 23.4. The standard InChI is InChI=1S/C20H22F3N3O4S/c1-12-7-5-6-8-15(12)14(3)30-16-11-24-18(26-17(16)20(21,22)23)19(27)25-13(2)9-10-31(4,28)29/h5-11,13-14H,1-4H3,(H,25,27)/b10-9+/t13-,14-/m1/s1. The third-order valence-electron chi connectivity index (χ3n) is 4.13. The molecule has 1 amide bonds. The number of alkyl halides is 3. The Morgan fingerprint density at radius 2 is 1.87 bits per heavy atom. The molecule has 31 heavy (non-hydrogen) atoms. The van der Waals surface area contributed by atoms with Gasteiger partial charge in [-0.15, -0.1) is 0 Å². The van der Waals surface area contributed by atoms with Crippen molar-refractivity contribution in [1.29, 1.82) is 0 Å². The van der Waals surface area contributed by atoms with Gasteiger partial charge in [0.25, 0.3) is 5.91 Å². The van der Waals surface area contributed by atoms with Crippen molar-refractivity contribution in [3.63, 3.8) is 0 Å². The highest BCUT2D eigenvalue weighted by Gasteiger charge is 2.38. The second-order valence-electron chi connectivity index (χ2n) is 6.94. The predicted molar refractivity (Wildman–Crippen MR) is 108 cm³/mol. The number of rotatable bonds is 7. The van der Waals surface area contributed by atoms with E-state index in [-0.39, 0.29) is 0 Å². The quantitative estimate of drug-likeness (QED) is 0.682. The van der Waals surface area contributed by atoms with E-state index < -0.39 is 51.3 Å². The summed E-state index contributed by atoms with van der Waals surface area (Å²) in [6.45, 7) is 4.85. The van der Waals surface area contributed by atoms with Crippen LogP contribution < -0.4 is 10.1 Å². The van der Waals surface area contributed by atoms with Crippen LogP contribution in [0.3, 0.4) is 0 Å². The maximum atomic E-state index is 13.6. The van der Waals surface area contributed by atoms with Gasteiger partial charge in [0, 0.05) is 17.7 Å². The van der Waals surface area contributed by atoms with Gasteiger partial charge in [0.2, 0.25) is 5.82 Å². The van der Waals surface area contributed by atoms with Crippen LogP contribution in [0.2, 0.25) is 0 Å². The Hall–Kier alpha value is -2.95. The number of carbonyl (C=O) groups is 1. The van der Waals surface area contributed by atoms with Crippen molar-refractivity contribution >= 4 is 15.7 Å². The largest absolute Gasteiger partial charge is 0.482 e. The average Bonchev–Trinajstić information content (AvgIpc) is 2.65. The molecule has 0 aliphatic rings. The van der Waals surface area contributed by atoms with Gasteiger partial charge in [-0.2, -0.15) is 13.2 Å². The fourth-order valence-electron chi connectivity index (χ4n) is 2.65. The number of sulfone groups is 1. The van der Waals surface area contributed by atoms with Gasteiger partial charge in [-0.05, 0) is 31.9 Å². The van der Waals surface area contributed by atoms with Gasteiger partial charge in [-0.1, -0.05) is 30.3 Å². The summed E-state index contributed by atoms with van der Waals surface area (Å²) in [5.74, 6) is -2.32. The summed E-state index contributed by atoms with van der Waals surface area (Å²) in [5, 5.41) is 3.20. The number of nitrogens with one attached hydrogen (secondary N) is 1. The molecule has 0 bridgehead atoms. The van der Waals surface area contributed by atoms with Crippen LogP contribution in [-0.4, -0.2) is 36.6 Å². The minimum atomic E-state index is -4.89. The highest BCUT2D eigenvalue weighted by molar-refractivity contribution is 7.93. The van der Waals surface area contributed by atoms with Gasteiger partial charge < -0.3 is 10.1 Å². The Morgan fingerprint density at radius 1 is 1.23 bits per heavy atom. The van der Waals surface area contributed by atoms with Gasteiger partial charge in [-0.25, -0.2) is 18.4 Å². The van der Waals surface area contributed by atoms with E-state index in [4.69, 9.17) is 4.74 Å². The molecule has 7 nitrogen and oxygen atoms in total. The van der Waals surface area contributed by atoms with E-state index in [9.17, 15) is 26.4 Å². The van der Waals surface area contributed by atoms with E-state index in [1.54, 1.807) is 25.1 Å². The first-order valence-corrected chi connectivity index (χ1v) is 11.1. The summed E-state index contributed by atoms with van der Waals surface area (Å²) in [6.07, 6.45) is -2.66. The molecule has 1 aromatic heterocycles. The maximum absolute atomic E-state index is 13.6. The molecule has 0 aliphatic carbocycles. The van der Waals surface area contributed by atoms with Crippen LogP contribution in [-0.2, 0) is 16.0 Å². The Kier molecular flexibility index (Phi) is 7.42. The fraction of sp³-hybridized carbons (Fsp3) is 0.350. The van der Waals surface area contributed by atoms with Crippen molar-refractivity contribution in [1.82, 2.24) is 15.3 Å². The molecule has 0 saturated heterocycles. The monoisotopic (exact) mass is 457 g/mol. The second-order valence-corrected chi connectivity index (χ2v) is 8.87. The number of aromatic nitrogens is 2. The number of benzene rings is 1. The topological polar surface area (TPSA) is 98.2 Å². The van der Waals surface area contributed by atoms with E-state index in [1.165, 1.54) is 13.0 Å². The first-order chi connectivity index (χ1) is 14.3. The van der Waals surface area contributed by atoms with Gasteiger partial charge in [-0.3, -0.25) is 4.79 Å². The van der Waals surface area contributed by atoms with Crippen LogP contribution in [0.5, 0.6) is 5.75 Å². The van der Waals surface area contributed by atoms with Gasteiger partial charge in [0.15, 0.2) is 21.3 Å². The molecular weight excluding hydrogens is 435 g/mol. The van der Waals surface area contributed by atoms with Crippen LogP contribution in [0.4, 0.5) is 13.2 Å². The summed E-state index contributed by atoms with van der Waals surface area (Å²) in [7, 11) is -3.42. The summed E-state index contributed by atoms with van der Waals surface area (Å²) < 4.78 is 68.4. The zero-order valence-corrected chi connectivity index (χ0v) is 18.1. The van der Waals surface area contributed by atoms with Crippen molar-refractivity contribution < 1.29 is 31.1 Å². The van der Waals surface area contributed by atoms with Crippen LogP contribution in [0.1, 0.15) is 47.4 Å². The number of carbonyl (C=O) groups excluding carboxylic acids is 1. The number of halogens is 3. The molecule has 0 saturated carbocycles. The molecule has 1 heterocycles. The Balaban J connectivity index is 2.28.